The van der Waals surface area contributed by atoms with Gasteiger partial charge in [-0.3, -0.25) is 4.79 Å². The summed E-state index contributed by atoms with van der Waals surface area (Å²) in [6.45, 7) is 1.90. The van der Waals surface area contributed by atoms with E-state index in [9.17, 15) is 4.79 Å². The first-order valence-electron chi connectivity index (χ1n) is 6.53. The molecule has 0 heterocycles. The molecule has 2 nitrogen and oxygen atoms in total. The maximum absolute atomic E-state index is 12.0. The number of thioether (sulfide) groups is 1. The molecule has 0 radical (unpaired) electrons. The zero-order valence-corrected chi connectivity index (χ0v) is 14.9. The second-order valence-electron chi connectivity index (χ2n) is 4.74. The van der Waals surface area contributed by atoms with Crippen molar-refractivity contribution in [3.05, 3.63) is 62.6 Å². The average molecular weight is 375 g/mol. The van der Waals surface area contributed by atoms with Crippen molar-refractivity contribution in [1.82, 2.24) is 0 Å². The molecule has 0 saturated heterocycles. The van der Waals surface area contributed by atoms with Crippen molar-refractivity contribution >= 4 is 58.2 Å². The first-order chi connectivity index (χ1) is 10.5. The molecule has 1 N–H and O–H groups in total. The number of amides is 1. The van der Waals surface area contributed by atoms with Crippen molar-refractivity contribution in [2.24, 2.45) is 0 Å². The van der Waals surface area contributed by atoms with E-state index in [1.54, 1.807) is 24.3 Å². The van der Waals surface area contributed by atoms with E-state index in [2.05, 4.69) is 5.32 Å². The van der Waals surface area contributed by atoms with Crippen molar-refractivity contribution < 1.29 is 4.79 Å². The molecule has 2 aromatic rings. The van der Waals surface area contributed by atoms with Crippen LogP contribution < -0.4 is 5.32 Å². The number of benzene rings is 2. The first-order valence-corrected chi connectivity index (χ1v) is 8.82. The Kier molecular flexibility index (Phi) is 6.45. The van der Waals surface area contributed by atoms with Crippen LogP contribution in [0.5, 0.6) is 0 Å². The summed E-state index contributed by atoms with van der Waals surface area (Å²) in [6, 6.07) is 10.7. The van der Waals surface area contributed by atoms with Crippen LogP contribution in [0.2, 0.25) is 15.1 Å². The smallest absolute Gasteiger partial charge is 0.234 e. The zero-order valence-electron chi connectivity index (χ0n) is 11.8. The van der Waals surface area contributed by atoms with E-state index in [0.29, 0.717) is 26.6 Å². The molecule has 0 saturated carbocycles. The molecule has 0 aliphatic carbocycles. The Balaban J connectivity index is 1.85. The van der Waals surface area contributed by atoms with E-state index in [-0.39, 0.29) is 5.91 Å². The fourth-order valence-electron chi connectivity index (χ4n) is 1.85. The van der Waals surface area contributed by atoms with E-state index in [1.807, 2.05) is 19.1 Å². The van der Waals surface area contributed by atoms with Crippen LogP contribution in [0, 0.1) is 6.92 Å². The van der Waals surface area contributed by atoms with Gasteiger partial charge in [0.1, 0.15) is 0 Å². The minimum atomic E-state index is -0.0551. The predicted octanol–water partition coefficient (Wildman–Crippen LogP) is 5.83. The highest BCUT2D eigenvalue weighted by molar-refractivity contribution is 7.99. The fraction of sp³-hybridized carbons (Fsp3) is 0.188. The zero-order chi connectivity index (χ0) is 16.1. The Morgan fingerprint density at radius 3 is 2.45 bits per heavy atom. The molecule has 0 aliphatic rings. The van der Waals surface area contributed by atoms with Crippen molar-refractivity contribution in [3.8, 4) is 0 Å². The average Bonchev–Trinajstić information content (AvgIpc) is 2.44. The highest BCUT2D eigenvalue weighted by Gasteiger charge is 2.07. The molecule has 0 bridgehead atoms. The molecular weight excluding hydrogens is 361 g/mol. The summed E-state index contributed by atoms with van der Waals surface area (Å²) in [5.74, 6) is 0.949. The minimum absolute atomic E-state index is 0.0551. The fourth-order valence-corrected chi connectivity index (χ4v) is 3.46. The highest BCUT2D eigenvalue weighted by atomic mass is 35.5. The SMILES string of the molecule is Cc1cc(Cl)ccc1NC(=O)CSCc1ccc(Cl)cc1Cl. The van der Waals surface area contributed by atoms with E-state index >= 15 is 0 Å². The van der Waals surface area contributed by atoms with Gasteiger partial charge in [0.25, 0.3) is 0 Å². The van der Waals surface area contributed by atoms with Crippen LogP contribution in [0.25, 0.3) is 0 Å². The first kappa shape index (κ1) is 17.5. The molecular formula is C16H14Cl3NOS. The van der Waals surface area contributed by atoms with Gasteiger partial charge in [-0.1, -0.05) is 40.9 Å². The van der Waals surface area contributed by atoms with Crippen LogP contribution in [-0.2, 0) is 10.5 Å². The van der Waals surface area contributed by atoms with Crippen LogP contribution in [0.1, 0.15) is 11.1 Å². The third kappa shape index (κ3) is 5.10. The molecule has 0 fully saturated rings. The number of carbonyl (C=O) groups is 1. The summed E-state index contributed by atoms with van der Waals surface area (Å²) in [5, 5.41) is 4.76. The van der Waals surface area contributed by atoms with Gasteiger partial charge in [0.15, 0.2) is 0 Å². The van der Waals surface area contributed by atoms with Crippen LogP contribution in [0.3, 0.4) is 0 Å². The lowest BCUT2D eigenvalue weighted by Gasteiger charge is -2.09. The summed E-state index contributed by atoms with van der Waals surface area (Å²) >= 11 is 19.3. The summed E-state index contributed by atoms with van der Waals surface area (Å²) < 4.78 is 0. The van der Waals surface area contributed by atoms with Gasteiger partial charge in [-0.25, -0.2) is 0 Å². The minimum Gasteiger partial charge on any atom is -0.325 e. The van der Waals surface area contributed by atoms with Crippen LogP contribution in [0.15, 0.2) is 36.4 Å². The normalized spacial score (nSPS) is 10.5. The highest BCUT2D eigenvalue weighted by Crippen LogP contribution is 2.25. The molecule has 0 aliphatic heterocycles. The van der Waals surface area contributed by atoms with Crippen LogP contribution in [0.4, 0.5) is 5.69 Å². The number of aryl methyl sites for hydroxylation is 1. The van der Waals surface area contributed by atoms with E-state index in [1.165, 1.54) is 11.8 Å². The maximum Gasteiger partial charge on any atom is 0.234 e. The van der Waals surface area contributed by atoms with Gasteiger partial charge in [-0.05, 0) is 48.4 Å². The molecule has 0 unspecified atom stereocenters. The molecule has 0 aromatic heterocycles. The number of rotatable bonds is 5. The lowest BCUT2D eigenvalue weighted by Crippen LogP contribution is -2.15. The number of carbonyl (C=O) groups excluding carboxylic acids is 1. The molecule has 6 heteroatoms. The Morgan fingerprint density at radius 1 is 1.09 bits per heavy atom. The Bertz CT molecular complexity index is 691. The van der Waals surface area contributed by atoms with Gasteiger partial charge < -0.3 is 5.32 Å². The molecule has 2 rings (SSSR count). The topological polar surface area (TPSA) is 29.1 Å². The third-order valence-corrected chi connectivity index (χ3v) is 4.77. The van der Waals surface area contributed by atoms with Gasteiger partial charge in [0, 0.05) is 26.5 Å². The number of hydrogen-bond donors (Lipinski definition) is 1. The molecule has 2 aromatic carbocycles. The van der Waals surface area contributed by atoms with Crippen molar-refractivity contribution in [1.29, 1.82) is 0 Å². The van der Waals surface area contributed by atoms with E-state index in [4.69, 9.17) is 34.8 Å². The predicted molar refractivity (Wildman–Crippen MR) is 97.4 cm³/mol. The number of halogens is 3. The molecule has 116 valence electrons. The summed E-state index contributed by atoms with van der Waals surface area (Å²) in [7, 11) is 0. The Morgan fingerprint density at radius 2 is 1.77 bits per heavy atom. The molecule has 1 amide bonds. The second-order valence-corrected chi connectivity index (χ2v) is 7.00. The lowest BCUT2D eigenvalue weighted by molar-refractivity contribution is -0.113. The van der Waals surface area contributed by atoms with Gasteiger partial charge >= 0.3 is 0 Å². The number of nitrogens with one attached hydrogen (secondary N) is 1. The standard InChI is InChI=1S/C16H14Cl3NOS/c1-10-6-12(17)4-5-15(10)20-16(21)9-22-8-11-2-3-13(18)7-14(11)19/h2-7H,8-9H2,1H3,(H,20,21). The van der Waals surface area contributed by atoms with E-state index < -0.39 is 0 Å². The summed E-state index contributed by atoms with van der Waals surface area (Å²) in [4.78, 5) is 12.0. The van der Waals surface area contributed by atoms with Gasteiger partial charge in [-0.2, -0.15) is 0 Å². The van der Waals surface area contributed by atoms with Crippen molar-refractivity contribution in [3.63, 3.8) is 0 Å². The largest absolute Gasteiger partial charge is 0.325 e. The molecule has 22 heavy (non-hydrogen) atoms. The lowest BCUT2D eigenvalue weighted by atomic mass is 10.2. The number of anilines is 1. The van der Waals surface area contributed by atoms with Crippen molar-refractivity contribution in [2.45, 2.75) is 12.7 Å². The molecule has 0 spiro atoms. The van der Waals surface area contributed by atoms with Crippen LogP contribution >= 0.6 is 46.6 Å². The number of hydrogen-bond acceptors (Lipinski definition) is 2. The quantitative estimate of drug-likeness (QED) is 0.713. The van der Waals surface area contributed by atoms with Gasteiger partial charge in [-0.15, -0.1) is 11.8 Å². The van der Waals surface area contributed by atoms with Gasteiger partial charge in [0.05, 0.1) is 5.75 Å². The summed E-state index contributed by atoms with van der Waals surface area (Å²) in [6.07, 6.45) is 0. The van der Waals surface area contributed by atoms with Gasteiger partial charge in [0.2, 0.25) is 5.91 Å². The summed E-state index contributed by atoms with van der Waals surface area (Å²) in [5.41, 5.74) is 2.68. The second kappa shape index (κ2) is 8.11. The Hall–Kier alpha value is -0.870. The third-order valence-electron chi connectivity index (χ3n) is 2.97. The van der Waals surface area contributed by atoms with Crippen LogP contribution in [-0.4, -0.2) is 11.7 Å². The van der Waals surface area contributed by atoms with E-state index in [0.717, 1.165) is 16.8 Å². The Labute approximate surface area is 149 Å². The molecule has 0 atom stereocenters. The van der Waals surface area contributed by atoms with Crippen molar-refractivity contribution in [2.75, 3.05) is 11.1 Å². The monoisotopic (exact) mass is 373 g/mol. The maximum atomic E-state index is 12.0.